The second kappa shape index (κ2) is 11.4. The van der Waals surface area contributed by atoms with Crippen molar-refractivity contribution >= 4 is 40.0 Å². The molecule has 1 aromatic rings. The maximum Gasteiger partial charge on any atom is 0.240 e. The van der Waals surface area contributed by atoms with Crippen LogP contribution < -0.4 is 10.0 Å². The largest absolute Gasteiger partial charge is 0.379 e. The number of benzene rings is 1. The van der Waals surface area contributed by atoms with Crippen LogP contribution in [0.4, 0.5) is 0 Å². The third-order valence-corrected chi connectivity index (χ3v) is 6.75. The van der Waals surface area contributed by atoms with Crippen molar-refractivity contribution < 1.29 is 13.2 Å². The molecule has 0 spiro atoms. The Kier molecular flexibility index (Phi) is 9.60. The Labute approximate surface area is 191 Å². The van der Waals surface area contributed by atoms with Crippen molar-refractivity contribution in [1.29, 1.82) is 0 Å². The summed E-state index contributed by atoms with van der Waals surface area (Å²) in [6.07, 6.45) is 1.11. The van der Waals surface area contributed by atoms with Crippen molar-refractivity contribution in [3.8, 4) is 0 Å². The molecule has 2 N–H and O–H groups in total. The van der Waals surface area contributed by atoms with Crippen molar-refractivity contribution in [2.75, 3.05) is 59.5 Å². The molecule has 2 fully saturated rings. The quantitative estimate of drug-likeness (QED) is 0.243. The van der Waals surface area contributed by atoms with Gasteiger partial charge in [0.05, 0.1) is 18.1 Å². The van der Waals surface area contributed by atoms with Crippen LogP contribution in [0.1, 0.15) is 12.0 Å². The van der Waals surface area contributed by atoms with E-state index in [1.54, 1.807) is 31.3 Å². The number of halogens is 1. The van der Waals surface area contributed by atoms with Gasteiger partial charge in [-0.3, -0.25) is 9.89 Å². The van der Waals surface area contributed by atoms with Crippen molar-refractivity contribution in [1.82, 2.24) is 19.8 Å². The number of hydrogen-bond donors (Lipinski definition) is 2. The van der Waals surface area contributed by atoms with E-state index in [9.17, 15) is 8.42 Å². The third-order valence-electron chi connectivity index (χ3n) is 5.27. The Morgan fingerprint density at radius 2 is 1.86 bits per heavy atom. The number of nitrogens with zero attached hydrogens (tertiary/aromatic N) is 3. The lowest BCUT2D eigenvalue weighted by molar-refractivity contribution is 0.0195. The van der Waals surface area contributed by atoms with Crippen LogP contribution in [-0.2, 0) is 14.8 Å². The first-order valence-corrected chi connectivity index (χ1v) is 11.3. The average molecular weight is 537 g/mol. The average Bonchev–Trinajstić information content (AvgIpc) is 3.19. The SMILES string of the molecule is CN=C(NCCNS(=O)(=O)c1ccc(C)cc1)N1CCC(N2CCOCC2)C1.I. The van der Waals surface area contributed by atoms with Crippen LogP contribution in [0.25, 0.3) is 0 Å². The molecule has 0 radical (unpaired) electrons. The molecule has 2 heterocycles. The molecular formula is C19H32IN5O3S. The van der Waals surface area contributed by atoms with Crippen LogP contribution in [0.2, 0.25) is 0 Å². The van der Waals surface area contributed by atoms with Crippen LogP contribution in [-0.4, -0.2) is 89.7 Å². The molecule has 29 heavy (non-hydrogen) atoms. The third kappa shape index (κ3) is 6.78. The van der Waals surface area contributed by atoms with Crippen molar-refractivity contribution in [2.45, 2.75) is 24.3 Å². The van der Waals surface area contributed by atoms with Gasteiger partial charge < -0.3 is 15.0 Å². The van der Waals surface area contributed by atoms with Gasteiger partial charge >= 0.3 is 0 Å². The van der Waals surface area contributed by atoms with Gasteiger partial charge in [0, 0.05) is 52.4 Å². The zero-order chi connectivity index (χ0) is 20.0. The zero-order valence-corrected chi connectivity index (χ0v) is 20.3. The summed E-state index contributed by atoms with van der Waals surface area (Å²) < 4.78 is 32.8. The number of sulfonamides is 1. The van der Waals surface area contributed by atoms with Gasteiger partial charge in [0.15, 0.2) is 5.96 Å². The topological polar surface area (TPSA) is 86.3 Å². The first kappa shape index (κ1) is 24.3. The Morgan fingerprint density at radius 3 is 2.52 bits per heavy atom. The summed E-state index contributed by atoms with van der Waals surface area (Å²) in [7, 11) is -1.72. The van der Waals surface area contributed by atoms with Crippen LogP contribution >= 0.6 is 24.0 Å². The van der Waals surface area contributed by atoms with E-state index in [0.29, 0.717) is 19.1 Å². The molecule has 10 heteroatoms. The van der Waals surface area contributed by atoms with Crippen LogP contribution in [0, 0.1) is 6.92 Å². The fraction of sp³-hybridized carbons (Fsp3) is 0.632. The molecule has 0 aliphatic carbocycles. The maximum absolute atomic E-state index is 12.3. The standard InChI is InChI=1S/C19H31N5O3S.HI/c1-16-3-5-18(6-4-16)28(25,26)22-9-8-21-19(20-2)24-10-7-17(15-24)23-11-13-27-14-12-23;/h3-6,17,22H,7-15H2,1-2H3,(H,20,21);1H. The molecule has 2 aliphatic rings. The van der Waals surface area contributed by atoms with Crippen molar-refractivity contribution in [3.05, 3.63) is 29.8 Å². The number of guanidine groups is 1. The fourth-order valence-corrected chi connectivity index (χ4v) is 4.70. The van der Waals surface area contributed by atoms with Gasteiger partial charge in [0.25, 0.3) is 0 Å². The molecule has 1 unspecified atom stereocenters. The normalized spacial score (nSPS) is 21.1. The number of likely N-dealkylation sites (tertiary alicyclic amines) is 1. The number of morpholine rings is 1. The van der Waals surface area contributed by atoms with Crippen LogP contribution in [0.3, 0.4) is 0 Å². The Hall–Kier alpha value is -0.950. The molecule has 2 aliphatic heterocycles. The first-order valence-electron chi connectivity index (χ1n) is 9.83. The van der Waals surface area contributed by atoms with E-state index < -0.39 is 10.0 Å². The van der Waals surface area contributed by atoms with Crippen LogP contribution in [0.5, 0.6) is 0 Å². The Balaban J connectivity index is 0.00000300. The van der Waals surface area contributed by atoms with E-state index in [-0.39, 0.29) is 28.9 Å². The predicted octanol–water partition coefficient (Wildman–Crippen LogP) is 0.873. The molecule has 3 rings (SSSR count). The summed E-state index contributed by atoms with van der Waals surface area (Å²) >= 11 is 0. The van der Waals surface area contributed by atoms with Gasteiger partial charge in [-0.1, -0.05) is 17.7 Å². The molecule has 0 bridgehead atoms. The second-order valence-electron chi connectivity index (χ2n) is 7.22. The number of hydrogen-bond acceptors (Lipinski definition) is 5. The second-order valence-corrected chi connectivity index (χ2v) is 8.99. The number of aliphatic imine (C=N–C) groups is 1. The molecule has 2 saturated heterocycles. The summed E-state index contributed by atoms with van der Waals surface area (Å²) in [4.78, 5) is 9.39. The highest BCUT2D eigenvalue weighted by atomic mass is 127. The summed E-state index contributed by atoms with van der Waals surface area (Å²) in [6.45, 7) is 8.21. The smallest absolute Gasteiger partial charge is 0.240 e. The summed E-state index contributed by atoms with van der Waals surface area (Å²) in [5.41, 5.74) is 1.03. The number of aryl methyl sites for hydroxylation is 1. The van der Waals surface area contributed by atoms with Gasteiger partial charge in [-0.2, -0.15) is 0 Å². The summed E-state index contributed by atoms with van der Waals surface area (Å²) in [5, 5.41) is 3.27. The van der Waals surface area contributed by atoms with Gasteiger partial charge in [0.2, 0.25) is 10.0 Å². The highest BCUT2D eigenvalue weighted by Gasteiger charge is 2.30. The van der Waals surface area contributed by atoms with Gasteiger partial charge in [0.1, 0.15) is 0 Å². The predicted molar refractivity (Wildman–Crippen MR) is 126 cm³/mol. The Bertz CT molecular complexity index is 767. The van der Waals surface area contributed by atoms with Crippen molar-refractivity contribution in [2.24, 2.45) is 4.99 Å². The van der Waals surface area contributed by atoms with E-state index in [1.807, 2.05) is 6.92 Å². The molecule has 1 atom stereocenters. The van der Waals surface area contributed by atoms with Gasteiger partial charge in [-0.25, -0.2) is 13.1 Å². The summed E-state index contributed by atoms with van der Waals surface area (Å²) in [6, 6.07) is 7.38. The lowest BCUT2D eigenvalue weighted by Crippen LogP contribution is -2.47. The Morgan fingerprint density at radius 1 is 1.17 bits per heavy atom. The molecule has 164 valence electrons. The van der Waals surface area contributed by atoms with Gasteiger partial charge in [-0.15, -0.1) is 24.0 Å². The molecule has 0 saturated carbocycles. The monoisotopic (exact) mass is 537 g/mol. The van der Waals surface area contributed by atoms with Crippen LogP contribution in [0.15, 0.2) is 34.2 Å². The minimum Gasteiger partial charge on any atom is -0.379 e. The minimum absolute atomic E-state index is 0. The van der Waals surface area contributed by atoms with E-state index in [0.717, 1.165) is 57.3 Å². The van der Waals surface area contributed by atoms with E-state index in [1.165, 1.54) is 0 Å². The lowest BCUT2D eigenvalue weighted by Gasteiger charge is -2.32. The van der Waals surface area contributed by atoms with E-state index >= 15 is 0 Å². The zero-order valence-electron chi connectivity index (χ0n) is 17.1. The highest BCUT2D eigenvalue weighted by Crippen LogP contribution is 2.17. The molecule has 8 nitrogen and oxygen atoms in total. The van der Waals surface area contributed by atoms with Gasteiger partial charge in [-0.05, 0) is 25.5 Å². The highest BCUT2D eigenvalue weighted by molar-refractivity contribution is 14.0. The lowest BCUT2D eigenvalue weighted by atomic mass is 10.2. The molecule has 0 amide bonds. The van der Waals surface area contributed by atoms with E-state index in [4.69, 9.17) is 4.74 Å². The summed E-state index contributed by atoms with van der Waals surface area (Å²) in [5.74, 6) is 0.824. The number of ether oxygens (including phenoxy) is 1. The fourth-order valence-electron chi connectivity index (χ4n) is 3.67. The number of rotatable bonds is 6. The number of nitrogens with one attached hydrogen (secondary N) is 2. The molecule has 0 aromatic heterocycles. The minimum atomic E-state index is -3.49. The van der Waals surface area contributed by atoms with E-state index in [2.05, 4.69) is 24.8 Å². The maximum atomic E-state index is 12.3. The molecule has 1 aromatic carbocycles. The molecular weight excluding hydrogens is 505 g/mol. The van der Waals surface area contributed by atoms with Crippen molar-refractivity contribution in [3.63, 3.8) is 0 Å². The first-order chi connectivity index (χ1) is 13.5.